The molecule has 0 rings (SSSR count). The molecule has 0 amide bonds. The average Bonchev–Trinajstić information content (AvgIpc) is 2.15. The first-order valence-corrected chi connectivity index (χ1v) is 5.04. The molecule has 0 saturated carbocycles. The lowest BCUT2D eigenvalue weighted by molar-refractivity contribution is -0.141. The summed E-state index contributed by atoms with van der Waals surface area (Å²) in [4.78, 5) is 21.1. The second-order valence-corrected chi connectivity index (χ2v) is 3.69. The van der Waals surface area contributed by atoms with Crippen LogP contribution in [0, 0.1) is 0 Å². The molecule has 0 saturated heterocycles. The minimum atomic E-state index is -1.07. The minimum absolute atomic E-state index is 0.222. The molecule has 0 fully saturated rings. The summed E-state index contributed by atoms with van der Waals surface area (Å²) in [6.45, 7) is 0. The highest BCUT2D eigenvalue weighted by Gasteiger charge is 2.16. The van der Waals surface area contributed by atoms with Crippen molar-refractivity contribution in [2.45, 2.75) is 12.1 Å². The monoisotopic (exact) mass is 222 g/mol. The van der Waals surface area contributed by atoms with E-state index >= 15 is 0 Å². The first-order chi connectivity index (χ1) is 6.49. The molecule has 1 unspecified atom stereocenters. The third-order valence-electron chi connectivity index (χ3n) is 1.42. The van der Waals surface area contributed by atoms with Crippen LogP contribution in [-0.4, -0.2) is 47.7 Å². The lowest BCUT2D eigenvalue weighted by Gasteiger charge is -2.09. The van der Waals surface area contributed by atoms with Gasteiger partial charge in [0.15, 0.2) is 0 Å². The summed E-state index contributed by atoms with van der Waals surface area (Å²) in [6, 6.07) is -1.66. The third-order valence-corrected chi connectivity index (χ3v) is 2.61. The molecular weight excluding hydrogens is 208 g/mol. The standard InChI is InChI=1S/C7H14N2O4S/c1-13-7(12)5(9)3-14-2-4(8)6(10)11/h4-5H,2-3,8-9H2,1H3,(H,10,11)/t4-,5?/m0/s1. The van der Waals surface area contributed by atoms with Crippen LogP contribution in [0.15, 0.2) is 0 Å². The second kappa shape index (κ2) is 6.63. The van der Waals surface area contributed by atoms with E-state index in [0.29, 0.717) is 5.75 Å². The number of hydrogen-bond acceptors (Lipinski definition) is 6. The maximum absolute atomic E-state index is 10.8. The number of carboxylic acid groups (broad SMARTS) is 1. The topological polar surface area (TPSA) is 116 Å². The first-order valence-electron chi connectivity index (χ1n) is 3.88. The number of hydrogen-bond donors (Lipinski definition) is 3. The number of methoxy groups -OCH3 is 1. The second-order valence-electron chi connectivity index (χ2n) is 2.61. The molecule has 0 aromatic carbocycles. The number of thioether (sulfide) groups is 1. The maximum Gasteiger partial charge on any atom is 0.323 e. The predicted molar refractivity (Wildman–Crippen MR) is 52.9 cm³/mol. The van der Waals surface area contributed by atoms with Gasteiger partial charge >= 0.3 is 11.9 Å². The fourth-order valence-electron chi connectivity index (χ4n) is 0.613. The van der Waals surface area contributed by atoms with Gasteiger partial charge in [-0.15, -0.1) is 0 Å². The maximum atomic E-state index is 10.8. The minimum Gasteiger partial charge on any atom is -0.480 e. The Labute approximate surface area is 86.0 Å². The van der Waals surface area contributed by atoms with Gasteiger partial charge < -0.3 is 21.3 Å². The van der Waals surface area contributed by atoms with Gasteiger partial charge in [-0.05, 0) is 0 Å². The Morgan fingerprint density at radius 3 is 2.29 bits per heavy atom. The highest BCUT2D eigenvalue weighted by molar-refractivity contribution is 7.99. The molecule has 0 aliphatic rings. The van der Waals surface area contributed by atoms with Gasteiger partial charge in [0.25, 0.3) is 0 Å². The van der Waals surface area contributed by atoms with Crippen molar-refractivity contribution in [2.24, 2.45) is 11.5 Å². The summed E-state index contributed by atoms with van der Waals surface area (Å²) in [5.74, 6) is -1.06. The van der Waals surface area contributed by atoms with Gasteiger partial charge in [-0.3, -0.25) is 9.59 Å². The number of aliphatic carboxylic acids is 1. The Hall–Kier alpha value is -0.790. The van der Waals surface area contributed by atoms with E-state index in [2.05, 4.69) is 4.74 Å². The lowest BCUT2D eigenvalue weighted by atomic mass is 10.4. The fraction of sp³-hybridized carbons (Fsp3) is 0.714. The molecule has 0 spiro atoms. The normalized spacial score (nSPS) is 14.5. The van der Waals surface area contributed by atoms with Crippen molar-refractivity contribution in [3.63, 3.8) is 0 Å². The van der Waals surface area contributed by atoms with Gasteiger partial charge in [-0.1, -0.05) is 0 Å². The van der Waals surface area contributed by atoms with E-state index in [9.17, 15) is 9.59 Å². The Morgan fingerprint density at radius 2 is 1.86 bits per heavy atom. The molecule has 0 aliphatic carbocycles. The molecule has 0 bridgehead atoms. The third kappa shape index (κ3) is 5.05. The van der Waals surface area contributed by atoms with Gasteiger partial charge in [0.1, 0.15) is 12.1 Å². The molecule has 0 radical (unpaired) electrons. The van der Waals surface area contributed by atoms with Crippen molar-refractivity contribution in [3.8, 4) is 0 Å². The largest absolute Gasteiger partial charge is 0.480 e. The van der Waals surface area contributed by atoms with Crippen LogP contribution >= 0.6 is 11.8 Å². The Balaban J connectivity index is 3.64. The van der Waals surface area contributed by atoms with E-state index in [0.717, 1.165) is 0 Å². The highest BCUT2D eigenvalue weighted by atomic mass is 32.2. The molecular formula is C7H14N2O4S. The van der Waals surface area contributed by atoms with Crippen molar-refractivity contribution in [1.82, 2.24) is 0 Å². The molecule has 0 heterocycles. The summed E-state index contributed by atoms with van der Waals surface area (Å²) >= 11 is 1.21. The van der Waals surface area contributed by atoms with E-state index in [-0.39, 0.29) is 5.75 Å². The summed E-state index contributed by atoms with van der Waals surface area (Å²) in [5, 5.41) is 8.44. The average molecular weight is 222 g/mol. The van der Waals surface area contributed by atoms with Gasteiger partial charge in [0.05, 0.1) is 7.11 Å². The summed E-state index contributed by atoms with van der Waals surface area (Å²) in [7, 11) is 1.25. The first kappa shape index (κ1) is 13.2. The molecule has 5 N–H and O–H groups in total. The van der Waals surface area contributed by atoms with Crippen LogP contribution in [0.1, 0.15) is 0 Å². The molecule has 82 valence electrons. The van der Waals surface area contributed by atoms with Crippen molar-refractivity contribution in [1.29, 1.82) is 0 Å². The summed E-state index contributed by atoms with van der Waals surface area (Å²) in [6.07, 6.45) is 0. The van der Waals surface area contributed by atoms with Crippen molar-refractivity contribution in [2.75, 3.05) is 18.6 Å². The van der Waals surface area contributed by atoms with Crippen molar-refractivity contribution in [3.05, 3.63) is 0 Å². The van der Waals surface area contributed by atoms with Gasteiger partial charge in [-0.25, -0.2) is 0 Å². The van der Waals surface area contributed by atoms with Crippen LogP contribution in [-0.2, 0) is 14.3 Å². The zero-order valence-electron chi connectivity index (χ0n) is 7.80. The number of carbonyl (C=O) groups is 2. The van der Waals surface area contributed by atoms with Crippen LogP contribution < -0.4 is 11.5 Å². The van der Waals surface area contributed by atoms with E-state index < -0.39 is 24.0 Å². The molecule has 0 aromatic heterocycles. The number of nitrogens with two attached hydrogens (primary N) is 2. The number of esters is 1. The van der Waals surface area contributed by atoms with Gasteiger partial charge in [-0.2, -0.15) is 11.8 Å². The number of ether oxygens (including phenoxy) is 1. The van der Waals surface area contributed by atoms with E-state index in [1.807, 2.05) is 0 Å². The van der Waals surface area contributed by atoms with Crippen LogP contribution in [0.25, 0.3) is 0 Å². The van der Waals surface area contributed by atoms with Crippen LogP contribution in [0.2, 0.25) is 0 Å². The zero-order chi connectivity index (χ0) is 11.1. The van der Waals surface area contributed by atoms with Crippen LogP contribution in [0.3, 0.4) is 0 Å². The molecule has 0 aromatic rings. The molecule has 7 heteroatoms. The van der Waals surface area contributed by atoms with Crippen LogP contribution in [0.4, 0.5) is 0 Å². The molecule has 2 atom stereocenters. The number of rotatable bonds is 6. The smallest absolute Gasteiger partial charge is 0.323 e. The fourth-order valence-corrected chi connectivity index (χ4v) is 1.54. The van der Waals surface area contributed by atoms with E-state index in [4.69, 9.17) is 16.6 Å². The van der Waals surface area contributed by atoms with E-state index in [1.54, 1.807) is 0 Å². The Kier molecular flexibility index (Phi) is 6.26. The summed E-state index contributed by atoms with van der Waals surface area (Å²) < 4.78 is 4.39. The van der Waals surface area contributed by atoms with Gasteiger partial charge in [0.2, 0.25) is 0 Å². The summed E-state index contributed by atoms with van der Waals surface area (Å²) in [5.41, 5.74) is 10.6. The number of carboxylic acids is 1. The van der Waals surface area contributed by atoms with Gasteiger partial charge in [0, 0.05) is 11.5 Å². The SMILES string of the molecule is COC(=O)C(N)CSC[C@H](N)C(=O)O. The van der Waals surface area contributed by atoms with Crippen molar-refractivity contribution < 1.29 is 19.4 Å². The molecule has 14 heavy (non-hydrogen) atoms. The van der Waals surface area contributed by atoms with Crippen LogP contribution in [0.5, 0.6) is 0 Å². The molecule has 0 aliphatic heterocycles. The number of carbonyl (C=O) groups excluding carboxylic acids is 1. The quantitative estimate of drug-likeness (QED) is 0.475. The lowest BCUT2D eigenvalue weighted by Crippen LogP contribution is -2.36. The molecule has 6 nitrogen and oxygen atoms in total. The Morgan fingerprint density at radius 1 is 1.36 bits per heavy atom. The zero-order valence-corrected chi connectivity index (χ0v) is 8.62. The highest BCUT2D eigenvalue weighted by Crippen LogP contribution is 2.04. The Bertz CT molecular complexity index is 212. The van der Waals surface area contributed by atoms with E-state index in [1.165, 1.54) is 18.9 Å². The van der Waals surface area contributed by atoms with Crippen molar-refractivity contribution >= 4 is 23.7 Å². The predicted octanol–water partition coefficient (Wildman–Crippen LogP) is -1.37.